The summed E-state index contributed by atoms with van der Waals surface area (Å²) in [6.07, 6.45) is 0. The molecule has 72 valence electrons. The Kier molecular flexibility index (Phi) is 3.27. The van der Waals surface area contributed by atoms with E-state index in [0.29, 0.717) is 6.54 Å². The van der Waals surface area contributed by atoms with Gasteiger partial charge in [-0.3, -0.25) is 4.79 Å². The van der Waals surface area contributed by atoms with Crippen LogP contribution in [-0.4, -0.2) is 18.0 Å². The van der Waals surface area contributed by atoms with Gasteiger partial charge in [-0.2, -0.15) is 0 Å². The maximum Gasteiger partial charge on any atom is 0.225 e. The highest BCUT2D eigenvalue weighted by atomic mass is 16.2. The summed E-state index contributed by atoms with van der Waals surface area (Å²) in [5.74, 6) is 0.0426. The summed E-state index contributed by atoms with van der Waals surface area (Å²) >= 11 is 0. The molecular formula is C9H20N2O. The molecule has 0 spiro atoms. The summed E-state index contributed by atoms with van der Waals surface area (Å²) in [5, 5.41) is 2.80. The Morgan fingerprint density at radius 1 is 1.25 bits per heavy atom. The Morgan fingerprint density at radius 2 is 1.67 bits per heavy atom. The average molecular weight is 172 g/mol. The predicted molar refractivity (Wildman–Crippen MR) is 50.7 cm³/mol. The fraction of sp³-hybridized carbons (Fsp3) is 0.889. The van der Waals surface area contributed by atoms with Crippen LogP contribution in [0.1, 0.15) is 34.6 Å². The first kappa shape index (κ1) is 11.4. The predicted octanol–water partition coefficient (Wildman–Crippen LogP) is 0.886. The Labute approximate surface area is 74.7 Å². The van der Waals surface area contributed by atoms with Crippen LogP contribution in [0.5, 0.6) is 0 Å². The van der Waals surface area contributed by atoms with Gasteiger partial charge in [0.1, 0.15) is 0 Å². The lowest BCUT2D eigenvalue weighted by Crippen LogP contribution is -2.47. The minimum absolute atomic E-state index is 0.0426. The molecule has 0 atom stereocenters. The number of hydrogen-bond acceptors (Lipinski definition) is 2. The average Bonchev–Trinajstić information content (AvgIpc) is 1.78. The quantitative estimate of drug-likeness (QED) is 0.650. The van der Waals surface area contributed by atoms with Gasteiger partial charge in [0.25, 0.3) is 0 Å². The minimum atomic E-state index is -0.332. The van der Waals surface area contributed by atoms with Gasteiger partial charge in [-0.1, -0.05) is 20.8 Å². The van der Waals surface area contributed by atoms with Crippen LogP contribution in [0.4, 0.5) is 0 Å². The Morgan fingerprint density at radius 3 is 1.92 bits per heavy atom. The number of carbonyl (C=O) groups excluding carboxylic acids is 1. The molecule has 0 saturated carbocycles. The van der Waals surface area contributed by atoms with E-state index >= 15 is 0 Å². The Balaban J connectivity index is 3.90. The fourth-order valence-corrected chi connectivity index (χ4v) is 0.573. The molecule has 3 N–H and O–H groups in total. The van der Waals surface area contributed by atoms with Gasteiger partial charge < -0.3 is 11.1 Å². The summed E-state index contributed by atoms with van der Waals surface area (Å²) in [6.45, 7) is 9.93. The Bertz CT molecular complexity index is 162. The molecule has 0 aromatic carbocycles. The standard InChI is InChI=1S/C9H20N2O/c1-8(2,3)7(12)11-6-9(4,5)10/h6,10H2,1-5H3,(H,11,12). The van der Waals surface area contributed by atoms with Gasteiger partial charge >= 0.3 is 0 Å². The number of carbonyl (C=O) groups is 1. The second kappa shape index (κ2) is 3.44. The molecule has 0 unspecified atom stereocenters. The first-order valence-corrected chi connectivity index (χ1v) is 4.20. The third-order valence-electron chi connectivity index (χ3n) is 1.39. The lowest BCUT2D eigenvalue weighted by atomic mass is 9.95. The van der Waals surface area contributed by atoms with Crippen LogP contribution in [0.25, 0.3) is 0 Å². The number of hydrogen-bond donors (Lipinski definition) is 2. The molecule has 0 fully saturated rings. The van der Waals surface area contributed by atoms with Gasteiger partial charge in [-0.15, -0.1) is 0 Å². The van der Waals surface area contributed by atoms with Crippen molar-refractivity contribution in [1.29, 1.82) is 0 Å². The second-order valence-corrected chi connectivity index (χ2v) is 4.92. The van der Waals surface area contributed by atoms with E-state index in [-0.39, 0.29) is 16.9 Å². The molecule has 0 bridgehead atoms. The Hall–Kier alpha value is -0.570. The normalized spacial score (nSPS) is 12.8. The van der Waals surface area contributed by atoms with E-state index in [1.54, 1.807) is 0 Å². The van der Waals surface area contributed by atoms with Crippen molar-refractivity contribution in [3.63, 3.8) is 0 Å². The van der Waals surface area contributed by atoms with E-state index in [1.807, 2.05) is 34.6 Å². The van der Waals surface area contributed by atoms with Gasteiger partial charge in [0.2, 0.25) is 5.91 Å². The first-order chi connectivity index (χ1) is 5.13. The molecule has 3 heteroatoms. The van der Waals surface area contributed by atoms with E-state index in [1.165, 1.54) is 0 Å². The van der Waals surface area contributed by atoms with Gasteiger partial charge in [-0.25, -0.2) is 0 Å². The summed E-state index contributed by atoms with van der Waals surface area (Å²) in [4.78, 5) is 11.3. The lowest BCUT2D eigenvalue weighted by Gasteiger charge is -2.23. The van der Waals surface area contributed by atoms with Gasteiger partial charge in [0.05, 0.1) is 0 Å². The van der Waals surface area contributed by atoms with Crippen molar-refractivity contribution < 1.29 is 4.79 Å². The molecule has 0 aliphatic heterocycles. The summed E-state index contributed by atoms with van der Waals surface area (Å²) in [5.41, 5.74) is 5.05. The maximum atomic E-state index is 11.3. The van der Waals surface area contributed by atoms with Crippen LogP contribution >= 0.6 is 0 Å². The van der Waals surface area contributed by atoms with Crippen LogP contribution in [0.3, 0.4) is 0 Å². The molecule has 3 nitrogen and oxygen atoms in total. The molecule has 0 aromatic rings. The molecule has 0 aromatic heterocycles. The number of amides is 1. The smallest absolute Gasteiger partial charge is 0.225 e. The van der Waals surface area contributed by atoms with Gasteiger partial charge in [-0.05, 0) is 13.8 Å². The van der Waals surface area contributed by atoms with Gasteiger partial charge in [0, 0.05) is 17.5 Å². The zero-order valence-corrected chi connectivity index (χ0v) is 8.69. The number of nitrogens with one attached hydrogen (secondary N) is 1. The fourth-order valence-electron chi connectivity index (χ4n) is 0.573. The second-order valence-electron chi connectivity index (χ2n) is 4.92. The van der Waals surface area contributed by atoms with Crippen molar-refractivity contribution in [2.75, 3.05) is 6.54 Å². The molecular weight excluding hydrogens is 152 g/mol. The number of nitrogens with two attached hydrogens (primary N) is 1. The van der Waals surface area contributed by atoms with Crippen LogP contribution in [0, 0.1) is 5.41 Å². The van der Waals surface area contributed by atoms with E-state index in [4.69, 9.17) is 5.73 Å². The van der Waals surface area contributed by atoms with Gasteiger partial charge in [0.15, 0.2) is 0 Å². The zero-order chi connectivity index (χ0) is 9.99. The minimum Gasteiger partial charge on any atom is -0.354 e. The largest absolute Gasteiger partial charge is 0.354 e. The molecule has 0 aliphatic carbocycles. The third kappa shape index (κ3) is 5.13. The lowest BCUT2D eigenvalue weighted by molar-refractivity contribution is -0.128. The molecule has 0 radical (unpaired) electrons. The van der Waals surface area contributed by atoms with E-state index in [9.17, 15) is 4.79 Å². The monoisotopic (exact) mass is 172 g/mol. The molecule has 0 aliphatic rings. The van der Waals surface area contributed by atoms with Crippen molar-refractivity contribution in [3.05, 3.63) is 0 Å². The highest BCUT2D eigenvalue weighted by molar-refractivity contribution is 5.81. The molecule has 0 rings (SSSR count). The summed E-state index contributed by atoms with van der Waals surface area (Å²) in [6, 6.07) is 0. The van der Waals surface area contributed by atoms with Crippen LogP contribution < -0.4 is 11.1 Å². The van der Waals surface area contributed by atoms with E-state index < -0.39 is 0 Å². The highest BCUT2D eigenvalue weighted by Gasteiger charge is 2.22. The SMILES string of the molecule is CC(C)(N)CNC(=O)C(C)(C)C. The molecule has 12 heavy (non-hydrogen) atoms. The van der Waals surface area contributed by atoms with E-state index in [2.05, 4.69) is 5.32 Å². The van der Waals surface area contributed by atoms with Crippen LogP contribution in [0.2, 0.25) is 0 Å². The van der Waals surface area contributed by atoms with Crippen molar-refractivity contribution in [3.8, 4) is 0 Å². The molecule has 0 heterocycles. The third-order valence-corrected chi connectivity index (χ3v) is 1.39. The van der Waals surface area contributed by atoms with Crippen LogP contribution in [-0.2, 0) is 4.79 Å². The topological polar surface area (TPSA) is 55.1 Å². The van der Waals surface area contributed by atoms with Crippen molar-refractivity contribution in [2.45, 2.75) is 40.2 Å². The van der Waals surface area contributed by atoms with Crippen LogP contribution in [0.15, 0.2) is 0 Å². The highest BCUT2D eigenvalue weighted by Crippen LogP contribution is 2.12. The van der Waals surface area contributed by atoms with Crippen molar-refractivity contribution in [2.24, 2.45) is 11.1 Å². The zero-order valence-electron chi connectivity index (χ0n) is 8.69. The first-order valence-electron chi connectivity index (χ1n) is 4.20. The maximum absolute atomic E-state index is 11.3. The van der Waals surface area contributed by atoms with E-state index in [0.717, 1.165) is 0 Å². The summed E-state index contributed by atoms with van der Waals surface area (Å²) in [7, 11) is 0. The number of rotatable bonds is 2. The summed E-state index contributed by atoms with van der Waals surface area (Å²) < 4.78 is 0. The van der Waals surface area contributed by atoms with Crippen molar-refractivity contribution >= 4 is 5.91 Å². The molecule has 1 amide bonds. The molecule has 0 saturated heterocycles. The van der Waals surface area contributed by atoms with Crippen molar-refractivity contribution in [1.82, 2.24) is 5.32 Å².